The van der Waals surface area contributed by atoms with Gasteiger partial charge < -0.3 is 10.0 Å². The summed E-state index contributed by atoms with van der Waals surface area (Å²) in [6, 6.07) is 3.51. The predicted octanol–water partition coefficient (Wildman–Crippen LogP) is 1.96. The molecule has 0 bridgehead atoms. The quantitative estimate of drug-likeness (QED) is 0.621. The molecule has 2 aromatic rings. The summed E-state index contributed by atoms with van der Waals surface area (Å²) in [5.74, 6) is -1.90. The molecule has 23 heavy (non-hydrogen) atoms. The average Bonchev–Trinajstić information content (AvgIpc) is 2.96. The van der Waals surface area contributed by atoms with E-state index in [9.17, 15) is 24.0 Å². The van der Waals surface area contributed by atoms with Gasteiger partial charge in [-0.25, -0.2) is 8.78 Å². The van der Waals surface area contributed by atoms with Crippen LogP contribution < -0.4 is 4.90 Å². The van der Waals surface area contributed by atoms with Crippen molar-refractivity contribution in [2.24, 2.45) is 0 Å². The maximum absolute atomic E-state index is 13.3. The Kier molecular flexibility index (Phi) is 5.22. The Morgan fingerprint density at radius 2 is 2.17 bits per heavy atom. The number of aliphatic hydroxyl groups excluding tert-OH is 1. The molecule has 1 N–H and O–H groups in total. The molecular weight excluding hydrogens is 310 g/mol. The zero-order valence-electron chi connectivity index (χ0n) is 12.4. The molecule has 1 atom stereocenters. The first kappa shape index (κ1) is 16.8. The van der Waals surface area contributed by atoms with Gasteiger partial charge in [-0.2, -0.15) is 5.10 Å². The van der Waals surface area contributed by atoms with Crippen LogP contribution >= 0.6 is 0 Å². The van der Waals surface area contributed by atoms with E-state index in [4.69, 9.17) is 0 Å². The number of rotatable bonds is 7. The highest BCUT2D eigenvalue weighted by atomic mass is 19.2. The standard InChI is InChI=1S/C14H16F2N4O3/c1-2-18(10-3-4-13(15)14(16)5-10)8-12(21)9-19-7-11(6-17-19)20(22)23/h3-7,12,21H,2,8-9H2,1H3. The minimum absolute atomic E-state index is 0.0496. The Labute approximate surface area is 130 Å². The van der Waals surface area contributed by atoms with Crippen molar-refractivity contribution in [2.45, 2.75) is 19.6 Å². The summed E-state index contributed by atoms with van der Waals surface area (Å²) in [6.07, 6.45) is 1.43. The SMILES string of the molecule is CCN(CC(O)Cn1cc([N+](=O)[O-])cn1)c1ccc(F)c(F)c1. The number of anilines is 1. The third-order valence-corrected chi connectivity index (χ3v) is 3.31. The number of hydrogen-bond acceptors (Lipinski definition) is 5. The summed E-state index contributed by atoms with van der Waals surface area (Å²) in [4.78, 5) is 11.7. The zero-order chi connectivity index (χ0) is 17.0. The van der Waals surface area contributed by atoms with Gasteiger partial charge in [-0.15, -0.1) is 0 Å². The van der Waals surface area contributed by atoms with Gasteiger partial charge in [0.15, 0.2) is 11.6 Å². The first-order valence-electron chi connectivity index (χ1n) is 6.95. The van der Waals surface area contributed by atoms with Crippen molar-refractivity contribution < 1.29 is 18.8 Å². The van der Waals surface area contributed by atoms with Crippen LogP contribution in [0.4, 0.5) is 20.2 Å². The van der Waals surface area contributed by atoms with Crippen molar-refractivity contribution in [3.05, 3.63) is 52.3 Å². The van der Waals surface area contributed by atoms with E-state index in [1.807, 2.05) is 6.92 Å². The van der Waals surface area contributed by atoms with Crippen molar-refractivity contribution >= 4 is 11.4 Å². The molecule has 7 nitrogen and oxygen atoms in total. The zero-order valence-corrected chi connectivity index (χ0v) is 12.4. The second-order valence-corrected chi connectivity index (χ2v) is 4.97. The van der Waals surface area contributed by atoms with Gasteiger partial charge in [0.1, 0.15) is 12.4 Å². The fourth-order valence-corrected chi connectivity index (χ4v) is 2.17. The maximum atomic E-state index is 13.3. The summed E-state index contributed by atoms with van der Waals surface area (Å²) < 4.78 is 27.5. The molecule has 0 aliphatic heterocycles. The molecule has 0 aliphatic rings. The molecule has 0 radical (unpaired) electrons. The van der Waals surface area contributed by atoms with Crippen LogP contribution in [-0.4, -0.2) is 39.0 Å². The van der Waals surface area contributed by atoms with E-state index >= 15 is 0 Å². The van der Waals surface area contributed by atoms with Crippen molar-refractivity contribution in [3.8, 4) is 0 Å². The Balaban J connectivity index is 2.02. The van der Waals surface area contributed by atoms with Gasteiger partial charge in [0.2, 0.25) is 0 Å². The predicted molar refractivity (Wildman–Crippen MR) is 79.1 cm³/mol. The summed E-state index contributed by atoms with van der Waals surface area (Å²) in [6.45, 7) is 2.48. The highest BCUT2D eigenvalue weighted by Crippen LogP contribution is 2.18. The largest absolute Gasteiger partial charge is 0.389 e. The number of nitro groups is 1. The molecule has 0 saturated heterocycles. The van der Waals surface area contributed by atoms with Crippen LogP contribution in [0, 0.1) is 21.7 Å². The van der Waals surface area contributed by atoms with Crippen molar-refractivity contribution in [1.29, 1.82) is 0 Å². The van der Waals surface area contributed by atoms with Crippen LogP contribution in [0.1, 0.15) is 6.92 Å². The van der Waals surface area contributed by atoms with Gasteiger partial charge in [0, 0.05) is 24.8 Å². The molecule has 9 heteroatoms. The topological polar surface area (TPSA) is 84.4 Å². The second-order valence-electron chi connectivity index (χ2n) is 4.97. The Morgan fingerprint density at radius 3 is 2.74 bits per heavy atom. The summed E-state index contributed by atoms with van der Waals surface area (Å²) >= 11 is 0. The molecule has 1 aromatic heterocycles. The van der Waals surface area contributed by atoms with E-state index in [1.54, 1.807) is 4.90 Å². The second kappa shape index (κ2) is 7.14. The number of likely N-dealkylation sites (N-methyl/N-ethyl adjacent to an activating group) is 1. The minimum atomic E-state index is -0.960. The number of aromatic nitrogens is 2. The number of nitrogens with zero attached hydrogens (tertiary/aromatic N) is 4. The monoisotopic (exact) mass is 326 g/mol. The van der Waals surface area contributed by atoms with E-state index in [0.717, 1.165) is 18.3 Å². The number of benzene rings is 1. The number of hydrogen-bond donors (Lipinski definition) is 1. The fraction of sp³-hybridized carbons (Fsp3) is 0.357. The molecule has 124 valence electrons. The molecule has 1 aromatic carbocycles. The van der Waals surface area contributed by atoms with E-state index < -0.39 is 22.7 Å². The van der Waals surface area contributed by atoms with Crippen molar-refractivity contribution in [3.63, 3.8) is 0 Å². The van der Waals surface area contributed by atoms with Crippen LogP contribution in [0.5, 0.6) is 0 Å². The molecule has 1 heterocycles. The van der Waals surface area contributed by atoms with Gasteiger partial charge >= 0.3 is 5.69 Å². The third-order valence-electron chi connectivity index (χ3n) is 3.31. The normalized spacial score (nSPS) is 12.2. The van der Waals surface area contributed by atoms with Crippen LogP contribution in [0.2, 0.25) is 0 Å². The smallest absolute Gasteiger partial charge is 0.306 e. The lowest BCUT2D eigenvalue weighted by molar-refractivity contribution is -0.385. The molecule has 0 saturated carbocycles. The van der Waals surface area contributed by atoms with Gasteiger partial charge in [-0.05, 0) is 19.1 Å². The lowest BCUT2D eigenvalue weighted by Gasteiger charge is -2.26. The lowest BCUT2D eigenvalue weighted by Crippen LogP contribution is -2.35. The van der Waals surface area contributed by atoms with Crippen LogP contribution in [0.3, 0.4) is 0 Å². The molecule has 0 amide bonds. The van der Waals surface area contributed by atoms with Gasteiger partial charge in [0.05, 0.1) is 17.6 Å². The molecule has 0 aliphatic carbocycles. The Hall–Kier alpha value is -2.55. The lowest BCUT2D eigenvalue weighted by atomic mass is 10.2. The van der Waals surface area contributed by atoms with Crippen LogP contribution in [0.15, 0.2) is 30.6 Å². The Bertz CT molecular complexity index is 692. The van der Waals surface area contributed by atoms with Crippen LogP contribution in [0.25, 0.3) is 0 Å². The van der Waals surface area contributed by atoms with Crippen LogP contribution in [-0.2, 0) is 6.54 Å². The van der Waals surface area contributed by atoms with Gasteiger partial charge in [-0.1, -0.05) is 0 Å². The van der Waals surface area contributed by atoms with E-state index in [-0.39, 0.29) is 18.8 Å². The van der Waals surface area contributed by atoms with E-state index in [0.29, 0.717) is 12.2 Å². The number of aliphatic hydroxyl groups is 1. The average molecular weight is 326 g/mol. The first-order chi connectivity index (χ1) is 10.9. The van der Waals surface area contributed by atoms with E-state index in [1.165, 1.54) is 16.9 Å². The summed E-state index contributed by atoms with van der Waals surface area (Å²) in [5, 5.41) is 24.5. The first-order valence-corrected chi connectivity index (χ1v) is 6.95. The molecule has 0 fully saturated rings. The van der Waals surface area contributed by atoms with Gasteiger partial charge in [0.25, 0.3) is 0 Å². The summed E-state index contributed by atoms with van der Waals surface area (Å²) in [5.41, 5.74) is 0.280. The van der Waals surface area contributed by atoms with Gasteiger partial charge in [-0.3, -0.25) is 14.8 Å². The number of halogens is 2. The Morgan fingerprint density at radius 1 is 1.43 bits per heavy atom. The maximum Gasteiger partial charge on any atom is 0.306 e. The van der Waals surface area contributed by atoms with Crippen molar-refractivity contribution in [2.75, 3.05) is 18.0 Å². The molecule has 1 unspecified atom stereocenters. The highest BCUT2D eigenvalue weighted by molar-refractivity contribution is 5.46. The fourth-order valence-electron chi connectivity index (χ4n) is 2.17. The summed E-state index contributed by atoms with van der Waals surface area (Å²) in [7, 11) is 0. The van der Waals surface area contributed by atoms with Crippen molar-refractivity contribution in [1.82, 2.24) is 9.78 Å². The molecule has 2 rings (SSSR count). The highest BCUT2D eigenvalue weighted by Gasteiger charge is 2.16. The molecule has 0 spiro atoms. The third kappa shape index (κ3) is 4.22. The van der Waals surface area contributed by atoms with E-state index in [2.05, 4.69) is 5.10 Å². The minimum Gasteiger partial charge on any atom is -0.389 e. The molecular formula is C14H16F2N4O3.